The zero-order valence-corrected chi connectivity index (χ0v) is 13.1. The second-order valence-electron chi connectivity index (χ2n) is 4.82. The number of hydrogen-bond acceptors (Lipinski definition) is 5. The van der Waals surface area contributed by atoms with Crippen molar-refractivity contribution in [3.05, 3.63) is 35.4 Å². The Balaban J connectivity index is 1.74. The van der Waals surface area contributed by atoms with E-state index in [1.165, 1.54) is 18.9 Å². The number of hydrogen-bond donors (Lipinski definition) is 1. The van der Waals surface area contributed by atoms with Gasteiger partial charge in [0.15, 0.2) is 0 Å². The van der Waals surface area contributed by atoms with Crippen LogP contribution in [0, 0.1) is 0 Å². The third-order valence-corrected chi connectivity index (χ3v) is 4.21. The van der Waals surface area contributed by atoms with Crippen LogP contribution >= 0.6 is 11.8 Å². The summed E-state index contributed by atoms with van der Waals surface area (Å²) in [6.45, 7) is 1.56. The molecule has 1 fully saturated rings. The monoisotopic (exact) mass is 322 g/mol. The predicted molar refractivity (Wildman–Crippen MR) is 83.7 cm³/mol. The minimum absolute atomic E-state index is 0.0474. The highest BCUT2D eigenvalue weighted by atomic mass is 32.2. The van der Waals surface area contributed by atoms with Gasteiger partial charge in [0.2, 0.25) is 5.91 Å². The Labute approximate surface area is 133 Å². The van der Waals surface area contributed by atoms with E-state index in [9.17, 15) is 14.4 Å². The normalized spacial score (nSPS) is 14.0. The minimum atomic E-state index is -0.385. The fraction of sp³-hybridized carbons (Fsp3) is 0.400. The van der Waals surface area contributed by atoms with Crippen LogP contribution in [0.2, 0.25) is 0 Å². The number of rotatable bonds is 6. The molecule has 22 heavy (non-hydrogen) atoms. The molecule has 1 aromatic rings. The molecule has 1 saturated heterocycles. The van der Waals surface area contributed by atoms with E-state index in [0.29, 0.717) is 31.6 Å². The molecule has 2 rings (SSSR count). The average Bonchev–Trinajstić information content (AvgIpc) is 2.95. The lowest BCUT2D eigenvalue weighted by Gasteiger charge is -2.14. The van der Waals surface area contributed by atoms with Crippen molar-refractivity contribution in [2.45, 2.75) is 13.0 Å². The van der Waals surface area contributed by atoms with E-state index < -0.39 is 0 Å². The molecular formula is C15H18N2O4S. The minimum Gasteiger partial charge on any atom is -0.465 e. The molecule has 7 heteroatoms. The largest absolute Gasteiger partial charge is 0.465 e. The van der Waals surface area contributed by atoms with Gasteiger partial charge in [0.05, 0.1) is 12.7 Å². The first-order valence-corrected chi connectivity index (χ1v) is 7.94. The summed E-state index contributed by atoms with van der Waals surface area (Å²) >= 11 is 1.29. The van der Waals surface area contributed by atoms with Crippen molar-refractivity contribution in [1.29, 1.82) is 0 Å². The van der Waals surface area contributed by atoms with Gasteiger partial charge in [-0.15, -0.1) is 0 Å². The van der Waals surface area contributed by atoms with E-state index in [-0.39, 0.29) is 17.1 Å². The molecule has 6 nitrogen and oxygen atoms in total. The first-order valence-electron chi connectivity index (χ1n) is 6.96. The van der Waals surface area contributed by atoms with Crippen molar-refractivity contribution in [2.24, 2.45) is 0 Å². The summed E-state index contributed by atoms with van der Waals surface area (Å²) in [6.07, 6.45) is 0.298. The van der Waals surface area contributed by atoms with Crippen LogP contribution in [0.1, 0.15) is 22.3 Å². The van der Waals surface area contributed by atoms with Gasteiger partial charge < -0.3 is 15.0 Å². The number of carbonyl (C=O) groups excluding carboxylic acids is 3. The molecule has 0 radical (unpaired) electrons. The molecule has 1 heterocycles. The van der Waals surface area contributed by atoms with Crippen LogP contribution in [-0.2, 0) is 16.1 Å². The summed E-state index contributed by atoms with van der Waals surface area (Å²) in [4.78, 5) is 36.2. The van der Waals surface area contributed by atoms with Crippen LogP contribution in [0.4, 0.5) is 4.79 Å². The van der Waals surface area contributed by atoms with Crippen LogP contribution < -0.4 is 5.32 Å². The van der Waals surface area contributed by atoms with Crippen LogP contribution in [0.3, 0.4) is 0 Å². The van der Waals surface area contributed by atoms with Crippen molar-refractivity contribution in [2.75, 3.05) is 26.0 Å². The molecule has 0 unspecified atom stereocenters. The lowest BCUT2D eigenvalue weighted by atomic mass is 10.1. The van der Waals surface area contributed by atoms with Gasteiger partial charge in [0, 0.05) is 31.8 Å². The van der Waals surface area contributed by atoms with Crippen molar-refractivity contribution in [3.63, 3.8) is 0 Å². The van der Waals surface area contributed by atoms with E-state index >= 15 is 0 Å². The highest BCUT2D eigenvalue weighted by Crippen LogP contribution is 2.17. The van der Waals surface area contributed by atoms with Crippen LogP contribution in [0.15, 0.2) is 24.3 Å². The van der Waals surface area contributed by atoms with Gasteiger partial charge in [-0.1, -0.05) is 23.9 Å². The second kappa shape index (κ2) is 7.84. The SMILES string of the molecule is COC(=O)c1ccc(CNC(=O)CCN2CCSC2=O)cc1. The molecule has 0 bridgehead atoms. The van der Waals surface area contributed by atoms with Crippen LogP contribution in [-0.4, -0.2) is 48.0 Å². The summed E-state index contributed by atoms with van der Waals surface area (Å²) in [7, 11) is 1.33. The van der Waals surface area contributed by atoms with E-state index in [4.69, 9.17) is 0 Å². The lowest BCUT2D eigenvalue weighted by Crippen LogP contribution is -2.30. The number of nitrogens with zero attached hydrogens (tertiary/aromatic N) is 1. The third kappa shape index (κ3) is 4.49. The topological polar surface area (TPSA) is 75.7 Å². The highest BCUT2D eigenvalue weighted by Gasteiger charge is 2.21. The maximum atomic E-state index is 11.8. The number of thioether (sulfide) groups is 1. The Hall–Kier alpha value is -2.02. The highest BCUT2D eigenvalue weighted by molar-refractivity contribution is 8.13. The second-order valence-corrected chi connectivity index (χ2v) is 5.86. The predicted octanol–water partition coefficient (Wildman–Crippen LogP) is 1.65. The summed E-state index contributed by atoms with van der Waals surface area (Å²) < 4.78 is 4.62. The standard InChI is InChI=1S/C15H18N2O4S/c1-21-14(19)12-4-2-11(3-5-12)10-16-13(18)6-7-17-8-9-22-15(17)20/h2-5H,6-10H2,1H3,(H,16,18). The summed E-state index contributed by atoms with van der Waals surface area (Å²) in [5.74, 6) is 0.318. The molecular weight excluding hydrogens is 304 g/mol. The fourth-order valence-electron chi connectivity index (χ4n) is 2.03. The molecule has 1 aliphatic rings. The van der Waals surface area contributed by atoms with Gasteiger partial charge in [-0.2, -0.15) is 0 Å². The van der Waals surface area contributed by atoms with Crippen molar-refractivity contribution in [3.8, 4) is 0 Å². The van der Waals surface area contributed by atoms with Crippen LogP contribution in [0.25, 0.3) is 0 Å². The zero-order valence-electron chi connectivity index (χ0n) is 12.3. The molecule has 0 spiro atoms. The average molecular weight is 322 g/mol. The molecule has 0 saturated carbocycles. The Morgan fingerprint density at radius 1 is 1.32 bits per heavy atom. The number of amides is 2. The number of esters is 1. The van der Waals surface area contributed by atoms with Gasteiger partial charge in [-0.05, 0) is 17.7 Å². The Morgan fingerprint density at radius 2 is 2.05 bits per heavy atom. The molecule has 0 aliphatic carbocycles. The maximum absolute atomic E-state index is 11.8. The van der Waals surface area contributed by atoms with E-state index in [1.54, 1.807) is 29.2 Å². The van der Waals surface area contributed by atoms with Gasteiger partial charge in [-0.3, -0.25) is 9.59 Å². The Bertz CT molecular complexity index is 559. The van der Waals surface area contributed by atoms with Crippen molar-refractivity contribution < 1.29 is 19.1 Å². The Kier molecular flexibility index (Phi) is 5.83. The van der Waals surface area contributed by atoms with Crippen molar-refractivity contribution >= 4 is 28.9 Å². The van der Waals surface area contributed by atoms with Gasteiger partial charge in [-0.25, -0.2) is 4.79 Å². The summed E-state index contributed by atoms with van der Waals surface area (Å²) in [5, 5.41) is 2.85. The van der Waals surface area contributed by atoms with Gasteiger partial charge in [0.1, 0.15) is 0 Å². The number of benzene rings is 1. The lowest BCUT2D eigenvalue weighted by molar-refractivity contribution is -0.121. The molecule has 1 N–H and O–H groups in total. The molecule has 1 aromatic carbocycles. The van der Waals surface area contributed by atoms with E-state index in [2.05, 4.69) is 10.1 Å². The van der Waals surface area contributed by atoms with Crippen LogP contribution in [0.5, 0.6) is 0 Å². The Morgan fingerprint density at radius 3 is 2.64 bits per heavy atom. The number of carbonyl (C=O) groups is 3. The first kappa shape index (κ1) is 16.4. The molecule has 118 valence electrons. The fourth-order valence-corrected chi connectivity index (χ4v) is 2.88. The zero-order chi connectivity index (χ0) is 15.9. The van der Waals surface area contributed by atoms with Crippen molar-refractivity contribution in [1.82, 2.24) is 10.2 Å². The third-order valence-electron chi connectivity index (χ3n) is 3.32. The molecule has 2 amide bonds. The number of nitrogens with one attached hydrogen (secondary N) is 1. The number of ether oxygens (including phenoxy) is 1. The van der Waals surface area contributed by atoms with Gasteiger partial charge >= 0.3 is 5.97 Å². The molecule has 0 atom stereocenters. The van der Waals surface area contributed by atoms with Gasteiger partial charge in [0.25, 0.3) is 5.24 Å². The maximum Gasteiger partial charge on any atom is 0.337 e. The first-order chi connectivity index (χ1) is 10.6. The molecule has 0 aromatic heterocycles. The quantitative estimate of drug-likeness (QED) is 0.806. The summed E-state index contributed by atoms with van der Waals surface area (Å²) in [5.41, 5.74) is 1.37. The molecule has 1 aliphatic heterocycles. The number of methoxy groups -OCH3 is 1. The smallest absolute Gasteiger partial charge is 0.337 e. The van der Waals surface area contributed by atoms with E-state index in [1.807, 2.05) is 0 Å². The summed E-state index contributed by atoms with van der Waals surface area (Å²) in [6, 6.07) is 6.86. The van der Waals surface area contributed by atoms with E-state index in [0.717, 1.165) is 11.3 Å².